The molecule has 1 atom stereocenters. The molecule has 1 aromatic rings. The van der Waals surface area contributed by atoms with Crippen molar-refractivity contribution in [1.82, 2.24) is 9.88 Å². The molecule has 2 rings (SSSR count). The summed E-state index contributed by atoms with van der Waals surface area (Å²) in [6, 6.07) is 0. The highest BCUT2D eigenvalue weighted by Crippen LogP contribution is 2.15. The predicted octanol–water partition coefficient (Wildman–Crippen LogP) is 1.86. The molecule has 0 aromatic carbocycles. The quantitative estimate of drug-likeness (QED) is 0.771. The lowest BCUT2D eigenvalue weighted by Crippen LogP contribution is -2.30. The van der Waals surface area contributed by atoms with Gasteiger partial charge in [-0.2, -0.15) is 0 Å². The molecular formula is C14H22N2O3S. The molecule has 1 aliphatic heterocycles. The SMILES string of the molecule is CCc1ncc(CN(C)C(=O)COC[C@H]2CCCO2)s1. The van der Waals surface area contributed by atoms with Crippen LogP contribution in [0, 0.1) is 0 Å². The number of aryl methyl sites for hydroxylation is 1. The zero-order valence-corrected chi connectivity index (χ0v) is 12.9. The number of ether oxygens (including phenoxy) is 2. The number of hydrogen-bond acceptors (Lipinski definition) is 5. The van der Waals surface area contributed by atoms with E-state index in [2.05, 4.69) is 11.9 Å². The average molecular weight is 298 g/mol. The summed E-state index contributed by atoms with van der Waals surface area (Å²) in [5, 5.41) is 1.11. The van der Waals surface area contributed by atoms with Crippen LogP contribution in [0.3, 0.4) is 0 Å². The summed E-state index contributed by atoms with van der Waals surface area (Å²) in [5.74, 6) is -0.00514. The Morgan fingerprint density at radius 2 is 2.50 bits per heavy atom. The Hall–Kier alpha value is -0.980. The second-order valence-electron chi connectivity index (χ2n) is 4.97. The second kappa shape index (κ2) is 7.71. The van der Waals surface area contributed by atoms with Crippen molar-refractivity contribution in [2.75, 3.05) is 26.9 Å². The van der Waals surface area contributed by atoms with Gasteiger partial charge in [0.1, 0.15) is 6.61 Å². The van der Waals surface area contributed by atoms with Crippen LogP contribution in [0.4, 0.5) is 0 Å². The van der Waals surface area contributed by atoms with Crippen molar-refractivity contribution < 1.29 is 14.3 Å². The number of nitrogens with zero attached hydrogens (tertiary/aromatic N) is 2. The third kappa shape index (κ3) is 4.54. The van der Waals surface area contributed by atoms with Gasteiger partial charge in [0.25, 0.3) is 0 Å². The highest BCUT2D eigenvalue weighted by atomic mass is 32.1. The molecule has 6 heteroatoms. The Morgan fingerprint density at radius 3 is 3.15 bits per heavy atom. The molecule has 0 spiro atoms. The highest BCUT2D eigenvalue weighted by Gasteiger charge is 2.17. The Morgan fingerprint density at radius 1 is 1.65 bits per heavy atom. The first-order valence-electron chi connectivity index (χ1n) is 7.06. The molecule has 0 radical (unpaired) electrons. The topological polar surface area (TPSA) is 51.7 Å². The number of aromatic nitrogens is 1. The number of likely N-dealkylation sites (N-methyl/N-ethyl adjacent to an activating group) is 1. The van der Waals surface area contributed by atoms with Gasteiger partial charge >= 0.3 is 0 Å². The van der Waals surface area contributed by atoms with Crippen molar-refractivity contribution in [3.05, 3.63) is 16.1 Å². The molecule has 112 valence electrons. The normalized spacial score (nSPS) is 18.4. The number of amides is 1. The lowest BCUT2D eigenvalue weighted by Gasteiger charge is -2.17. The number of carbonyl (C=O) groups is 1. The van der Waals surface area contributed by atoms with Crippen molar-refractivity contribution in [2.45, 2.75) is 38.8 Å². The molecule has 0 unspecified atom stereocenters. The fourth-order valence-electron chi connectivity index (χ4n) is 2.07. The second-order valence-corrected chi connectivity index (χ2v) is 6.17. The summed E-state index contributed by atoms with van der Waals surface area (Å²) in [6.45, 7) is 4.12. The minimum Gasteiger partial charge on any atom is -0.376 e. The molecule has 5 nitrogen and oxygen atoms in total. The maximum atomic E-state index is 11.9. The van der Waals surface area contributed by atoms with E-state index in [9.17, 15) is 4.79 Å². The van der Waals surface area contributed by atoms with Gasteiger partial charge in [0.05, 0.1) is 24.3 Å². The molecule has 0 aliphatic carbocycles. The fourth-order valence-corrected chi connectivity index (χ4v) is 2.99. The minimum absolute atomic E-state index is 0.00514. The van der Waals surface area contributed by atoms with Crippen LogP contribution in [-0.2, 0) is 27.2 Å². The molecule has 1 saturated heterocycles. The van der Waals surface area contributed by atoms with Gasteiger partial charge in [-0.25, -0.2) is 4.98 Å². The molecule has 20 heavy (non-hydrogen) atoms. The summed E-state index contributed by atoms with van der Waals surface area (Å²) in [7, 11) is 1.79. The maximum absolute atomic E-state index is 11.9. The lowest BCUT2D eigenvalue weighted by molar-refractivity contribution is -0.136. The van der Waals surface area contributed by atoms with Gasteiger partial charge in [0.2, 0.25) is 5.91 Å². The molecule has 0 bridgehead atoms. The van der Waals surface area contributed by atoms with E-state index in [0.29, 0.717) is 13.2 Å². The maximum Gasteiger partial charge on any atom is 0.248 e. The molecule has 1 aromatic heterocycles. The van der Waals surface area contributed by atoms with Gasteiger partial charge in [-0.05, 0) is 19.3 Å². The van der Waals surface area contributed by atoms with Gasteiger partial charge in [-0.3, -0.25) is 4.79 Å². The summed E-state index contributed by atoms with van der Waals surface area (Å²) >= 11 is 1.66. The van der Waals surface area contributed by atoms with E-state index in [-0.39, 0.29) is 18.6 Å². The van der Waals surface area contributed by atoms with Crippen LogP contribution in [0.1, 0.15) is 29.7 Å². The van der Waals surface area contributed by atoms with Gasteiger partial charge in [0.15, 0.2) is 0 Å². The Kier molecular flexibility index (Phi) is 5.94. The van der Waals surface area contributed by atoms with Crippen LogP contribution < -0.4 is 0 Å². The van der Waals surface area contributed by atoms with Crippen molar-refractivity contribution in [1.29, 1.82) is 0 Å². The van der Waals surface area contributed by atoms with Crippen molar-refractivity contribution in [3.8, 4) is 0 Å². The predicted molar refractivity (Wildman–Crippen MR) is 77.8 cm³/mol. The van der Waals surface area contributed by atoms with Crippen LogP contribution in [0.2, 0.25) is 0 Å². The summed E-state index contributed by atoms with van der Waals surface area (Å²) in [5.41, 5.74) is 0. The molecule has 2 heterocycles. The zero-order chi connectivity index (χ0) is 14.4. The summed E-state index contributed by atoms with van der Waals surface area (Å²) < 4.78 is 10.9. The van der Waals surface area contributed by atoms with Crippen molar-refractivity contribution in [2.24, 2.45) is 0 Å². The Balaban J connectivity index is 1.68. The summed E-state index contributed by atoms with van der Waals surface area (Å²) in [4.78, 5) is 19.0. The Bertz CT molecular complexity index is 430. The van der Waals surface area contributed by atoms with Crippen LogP contribution in [0.25, 0.3) is 0 Å². The van der Waals surface area contributed by atoms with Crippen LogP contribution in [0.5, 0.6) is 0 Å². The number of carbonyl (C=O) groups excluding carboxylic acids is 1. The van der Waals surface area contributed by atoms with Gasteiger partial charge in [-0.1, -0.05) is 6.92 Å². The third-order valence-corrected chi connectivity index (χ3v) is 4.40. The highest BCUT2D eigenvalue weighted by molar-refractivity contribution is 7.11. The number of hydrogen-bond donors (Lipinski definition) is 0. The summed E-state index contributed by atoms with van der Waals surface area (Å²) in [6.07, 6.45) is 5.08. The third-order valence-electron chi connectivity index (χ3n) is 3.28. The van der Waals surface area contributed by atoms with Crippen molar-refractivity contribution >= 4 is 17.2 Å². The zero-order valence-electron chi connectivity index (χ0n) is 12.1. The van der Waals surface area contributed by atoms with E-state index >= 15 is 0 Å². The van der Waals surface area contributed by atoms with E-state index in [1.807, 2.05) is 6.20 Å². The lowest BCUT2D eigenvalue weighted by atomic mass is 10.2. The van der Waals surface area contributed by atoms with E-state index < -0.39 is 0 Å². The average Bonchev–Trinajstić information content (AvgIpc) is 3.09. The minimum atomic E-state index is -0.00514. The van der Waals surface area contributed by atoms with E-state index in [1.165, 1.54) is 0 Å². The van der Waals surface area contributed by atoms with E-state index in [1.54, 1.807) is 23.3 Å². The molecular weight excluding hydrogens is 276 g/mol. The first-order chi connectivity index (χ1) is 9.69. The first-order valence-corrected chi connectivity index (χ1v) is 7.87. The number of thiazole rings is 1. The van der Waals surface area contributed by atoms with E-state index in [0.717, 1.165) is 35.8 Å². The van der Waals surface area contributed by atoms with Gasteiger partial charge < -0.3 is 14.4 Å². The fraction of sp³-hybridized carbons (Fsp3) is 0.714. The Labute approximate surface area is 123 Å². The first kappa shape index (κ1) is 15.4. The van der Waals surface area contributed by atoms with Crippen LogP contribution in [0.15, 0.2) is 6.20 Å². The standard InChI is InChI=1S/C14H22N2O3S/c1-3-13-15-7-12(20-13)8-16(2)14(17)10-18-9-11-5-4-6-19-11/h7,11H,3-6,8-10H2,1-2H3/t11-/m1/s1. The molecule has 1 amide bonds. The molecule has 0 saturated carbocycles. The largest absolute Gasteiger partial charge is 0.376 e. The van der Waals surface area contributed by atoms with Crippen LogP contribution in [-0.4, -0.2) is 48.8 Å². The van der Waals surface area contributed by atoms with E-state index in [4.69, 9.17) is 9.47 Å². The smallest absolute Gasteiger partial charge is 0.248 e. The number of rotatable bonds is 7. The van der Waals surface area contributed by atoms with Gasteiger partial charge in [0, 0.05) is 24.7 Å². The monoisotopic (exact) mass is 298 g/mol. The van der Waals surface area contributed by atoms with Crippen LogP contribution >= 0.6 is 11.3 Å². The molecule has 1 aliphatic rings. The molecule has 1 fully saturated rings. The van der Waals surface area contributed by atoms with Crippen molar-refractivity contribution in [3.63, 3.8) is 0 Å². The van der Waals surface area contributed by atoms with Gasteiger partial charge in [-0.15, -0.1) is 11.3 Å². The molecule has 0 N–H and O–H groups in total.